The summed E-state index contributed by atoms with van der Waals surface area (Å²) in [5, 5.41) is 16.7. The molecule has 3 aliphatic rings. The average Bonchev–Trinajstić information content (AvgIpc) is 3.51. The molecule has 0 spiro atoms. The van der Waals surface area contributed by atoms with Gasteiger partial charge in [0.15, 0.2) is 0 Å². The Morgan fingerprint density at radius 2 is 1.89 bits per heavy atom. The number of aromatic hydroxyl groups is 1. The SMILES string of the molecule is CCn1c(-c2cnccc2COC)c2c3cc(ccc31)-c1cc(O)cc(c1)C[C@H](NC(=O)[C@H](C(C)C)N(C)C(=O)C1CN(C)C1)C(=O)N1CCC[C@H](N1)C(=O)OCC(C)(C)C2. The Morgan fingerprint density at radius 1 is 1.11 bits per heavy atom. The minimum Gasteiger partial charge on any atom is -0.508 e. The number of nitrogens with one attached hydrogen (secondary N) is 2. The number of carbonyl (C=O) groups is 4. The molecule has 14 heteroatoms. The number of rotatable bonds is 9. The van der Waals surface area contributed by atoms with Gasteiger partial charge in [-0.2, -0.15) is 0 Å². The van der Waals surface area contributed by atoms with E-state index in [-0.39, 0.29) is 36.5 Å². The first-order valence-electron chi connectivity index (χ1n) is 21.5. The smallest absolute Gasteiger partial charge is 0.324 e. The predicted octanol–water partition coefficient (Wildman–Crippen LogP) is 4.94. The van der Waals surface area contributed by atoms with Crippen LogP contribution in [0.1, 0.15) is 64.2 Å². The van der Waals surface area contributed by atoms with Gasteiger partial charge in [0.2, 0.25) is 11.8 Å². The fourth-order valence-electron chi connectivity index (χ4n) is 9.39. The highest BCUT2D eigenvalue weighted by atomic mass is 16.5. The first kappa shape index (κ1) is 43.8. The van der Waals surface area contributed by atoms with Crippen LogP contribution in [0, 0.1) is 17.3 Å². The molecule has 3 amide bonds. The number of likely N-dealkylation sites (tertiary alicyclic amines) is 1. The monoisotopic (exact) mass is 835 g/mol. The van der Waals surface area contributed by atoms with Gasteiger partial charge in [-0.15, -0.1) is 0 Å². The van der Waals surface area contributed by atoms with E-state index in [1.54, 1.807) is 32.5 Å². The topological polar surface area (TPSA) is 159 Å². The molecule has 0 saturated carbocycles. The molecule has 3 aliphatic heterocycles. The largest absolute Gasteiger partial charge is 0.508 e. The molecule has 6 bridgehead atoms. The lowest BCUT2D eigenvalue weighted by Gasteiger charge is -2.40. The van der Waals surface area contributed by atoms with Gasteiger partial charge in [-0.1, -0.05) is 39.8 Å². The molecule has 14 nitrogen and oxygen atoms in total. The number of phenols is 1. The van der Waals surface area contributed by atoms with Gasteiger partial charge in [0.05, 0.1) is 24.8 Å². The summed E-state index contributed by atoms with van der Waals surface area (Å²) in [6.07, 6.45) is 5.26. The number of hydrazine groups is 1. The first-order valence-corrected chi connectivity index (χ1v) is 21.5. The molecule has 61 heavy (non-hydrogen) atoms. The van der Waals surface area contributed by atoms with Gasteiger partial charge in [-0.05, 0) is 97.3 Å². The molecule has 2 fully saturated rings. The zero-order valence-electron chi connectivity index (χ0n) is 36.8. The van der Waals surface area contributed by atoms with Gasteiger partial charge in [0, 0.05) is 81.0 Å². The summed E-state index contributed by atoms with van der Waals surface area (Å²) in [5.74, 6) is -1.89. The standard InChI is InChI=1S/C47H61N7O7/c1-9-53-40-13-12-30-21-35(40)36(42(53)37-23-48-15-14-31(37)26-60-8)22-47(4,5)27-61-46(59)38-11-10-16-54(50-38)45(58)39(19-29-17-32(30)20-34(55)18-29)49-43(56)41(28(2)3)52(7)44(57)33-24-51(6)25-33/h12-15,17-18,20-21,23,28,33,38-39,41,50,55H,9-11,16,19,22,24-27H2,1-8H3,(H,49,56)/t38-,39-,41-/m0/s1. The number of nitrogens with zero attached hydrogens (tertiary/aromatic N) is 5. The number of esters is 1. The van der Waals surface area contributed by atoms with E-state index in [1.807, 2.05) is 45.3 Å². The fourth-order valence-corrected chi connectivity index (χ4v) is 9.39. The Hall–Kier alpha value is -5.31. The number of benzene rings is 2. The van der Waals surface area contributed by atoms with Crippen molar-refractivity contribution in [1.82, 2.24) is 35.1 Å². The van der Waals surface area contributed by atoms with Gasteiger partial charge < -0.3 is 34.3 Å². The molecule has 2 aromatic carbocycles. The molecule has 0 radical (unpaired) electrons. The van der Waals surface area contributed by atoms with Gasteiger partial charge in [0.1, 0.15) is 23.9 Å². The Labute approximate surface area is 358 Å². The molecule has 0 aliphatic carbocycles. The number of aromatic nitrogens is 2. The number of hydrogen-bond donors (Lipinski definition) is 3. The lowest BCUT2D eigenvalue weighted by atomic mass is 9.84. The number of cyclic esters (lactones) is 1. The van der Waals surface area contributed by atoms with Gasteiger partial charge in [-0.25, -0.2) is 5.43 Å². The second-order valence-electron chi connectivity index (χ2n) is 18.2. The summed E-state index contributed by atoms with van der Waals surface area (Å²) in [6.45, 7) is 12.8. The Kier molecular flexibility index (Phi) is 12.9. The van der Waals surface area contributed by atoms with Crippen LogP contribution in [-0.2, 0) is 54.6 Å². The second kappa shape index (κ2) is 18.0. The molecular formula is C47H61N7O7. The number of amides is 3. The number of methoxy groups -OCH3 is 1. The highest BCUT2D eigenvalue weighted by molar-refractivity contribution is 5.96. The summed E-state index contributed by atoms with van der Waals surface area (Å²) in [4.78, 5) is 64.3. The van der Waals surface area contributed by atoms with Crippen LogP contribution >= 0.6 is 0 Å². The number of fused-ring (bicyclic) bond motifs is 6. The number of ether oxygens (including phenoxy) is 2. The maximum absolute atomic E-state index is 14.6. The van der Waals surface area contributed by atoms with E-state index in [0.717, 1.165) is 44.4 Å². The van der Waals surface area contributed by atoms with Crippen molar-refractivity contribution in [2.45, 2.75) is 91.6 Å². The second-order valence-corrected chi connectivity index (χ2v) is 18.2. The molecule has 3 N–H and O–H groups in total. The molecule has 3 atom stereocenters. The van der Waals surface area contributed by atoms with Crippen LogP contribution in [-0.4, -0.2) is 119 Å². The fraction of sp³-hybridized carbons (Fsp3) is 0.511. The summed E-state index contributed by atoms with van der Waals surface area (Å²) < 4.78 is 14.0. The normalized spacial score (nSPS) is 20.5. The predicted molar refractivity (Wildman–Crippen MR) is 233 cm³/mol. The number of pyridine rings is 1. The molecule has 4 aromatic rings. The van der Waals surface area contributed by atoms with Crippen LogP contribution in [0.3, 0.4) is 0 Å². The van der Waals surface area contributed by atoms with Crippen molar-refractivity contribution in [2.24, 2.45) is 17.3 Å². The summed E-state index contributed by atoms with van der Waals surface area (Å²) in [7, 11) is 5.28. The molecule has 0 unspecified atom stereocenters. The van der Waals surface area contributed by atoms with Gasteiger partial charge in [0.25, 0.3) is 5.91 Å². The van der Waals surface area contributed by atoms with Crippen LogP contribution in [0.25, 0.3) is 33.3 Å². The van der Waals surface area contributed by atoms with Crippen LogP contribution in [0.15, 0.2) is 54.9 Å². The highest BCUT2D eigenvalue weighted by Crippen LogP contribution is 2.41. The number of likely N-dealkylation sites (N-methyl/N-ethyl adjacent to an activating group) is 1. The van der Waals surface area contributed by atoms with Crippen molar-refractivity contribution in [3.63, 3.8) is 0 Å². The first-order chi connectivity index (χ1) is 29.1. The summed E-state index contributed by atoms with van der Waals surface area (Å²) >= 11 is 0. The van der Waals surface area contributed by atoms with Crippen molar-refractivity contribution in [1.29, 1.82) is 0 Å². The van der Waals surface area contributed by atoms with Crippen molar-refractivity contribution >= 4 is 34.6 Å². The van der Waals surface area contributed by atoms with E-state index in [0.29, 0.717) is 57.6 Å². The van der Waals surface area contributed by atoms with Crippen LogP contribution in [0.4, 0.5) is 0 Å². The Bertz CT molecular complexity index is 2300. The third-order valence-corrected chi connectivity index (χ3v) is 12.4. The lowest BCUT2D eigenvalue weighted by molar-refractivity contribution is -0.155. The molecule has 326 valence electrons. The van der Waals surface area contributed by atoms with E-state index in [2.05, 4.69) is 58.1 Å². The Morgan fingerprint density at radius 3 is 2.59 bits per heavy atom. The molecule has 5 heterocycles. The maximum atomic E-state index is 14.6. The summed E-state index contributed by atoms with van der Waals surface area (Å²) in [5.41, 5.74) is 9.93. The van der Waals surface area contributed by atoms with Gasteiger partial charge in [-0.3, -0.25) is 29.2 Å². The van der Waals surface area contributed by atoms with E-state index < -0.39 is 41.3 Å². The average molecular weight is 836 g/mol. The molecule has 2 aromatic heterocycles. The van der Waals surface area contributed by atoms with Crippen molar-refractivity contribution < 1.29 is 33.8 Å². The number of aryl methyl sites for hydroxylation is 1. The third kappa shape index (κ3) is 9.17. The van der Waals surface area contributed by atoms with E-state index in [4.69, 9.17) is 9.47 Å². The lowest BCUT2D eigenvalue weighted by Crippen LogP contribution is -2.63. The Balaban J connectivity index is 1.33. The highest BCUT2D eigenvalue weighted by Gasteiger charge is 2.40. The van der Waals surface area contributed by atoms with E-state index >= 15 is 0 Å². The van der Waals surface area contributed by atoms with Crippen molar-refractivity contribution in [3.8, 4) is 28.1 Å². The third-order valence-electron chi connectivity index (χ3n) is 12.4. The van der Waals surface area contributed by atoms with E-state index in [1.165, 1.54) is 9.91 Å². The van der Waals surface area contributed by atoms with Crippen molar-refractivity contribution in [2.75, 3.05) is 47.4 Å². The quantitative estimate of drug-likeness (QED) is 0.198. The van der Waals surface area contributed by atoms with Crippen LogP contribution < -0.4 is 10.7 Å². The molecule has 2 saturated heterocycles. The number of carbonyl (C=O) groups excluding carboxylic acids is 4. The minimum absolute atomic E-state index is 0.0158. The van der Waals surface area contributed by atoms with E-state index in [9.17, 15) is 24.3 Å². The van der Waals surface area contributed by atoms with Crippen LogP contribution in [0.5, 0.6) is 5.75 Å². The zero-order valence-corrected chi connectivity index (χ0v) is 36.8. The van der Waals surface area contributed by atoms with Gasteiger partial charge >= 0.3 is 5.97 Å². The summed E-state index contributed by atoms with van der Waals surface area (Å²) in [6, 6.07) is 10.8. The molecule has 7 rings (SSSR count). The number of phenolic OH excluding ortho intramolecular Hbond substituents is 1. The van der Waals surface area contributed by atoms with Crippen molar-refractivity contribution in [3.05, 3.63) is 71.5 Å². The number of hydrogen-bond acceptors (Lipinski definition) is 10. The maximum Gasteiger partial charge on any atom is 0.324 e. The molecular weight excluding hydrogens is 775 g/mol. The van der Waals surface area contributed by atoms with Crippen LogP contribution in [0.2, 0.25) is 0 Å². The minimum atomic E-state index is -1.10. The zero-order chi connectivity index (χ0) is 43.7.